The fourth-order valence-electron chi connectivity index (χ4n) is 6.23. The van der Waals surface area contributed by atoms with Crippen LogP contribution in [0.4, 0.5) is 16.2 Å². The SMILES string of the molecule is CCCC1(CCC)OC(=O)N(CCC(C)(C)NCC(O)c2ccc(OCc3ccccc3)c3c2OCC(=O)N3)c2ccccc21. The van der Waals surface area contributed by atoms with Crippen LogP contribution in [0.1, 0.15) is 82.6 Å². The maximum absolute atomic E-state index is 13.4. The zero-order valence-electron chi connectivity index (χ0n) is 26.7. The monoisotopic (exact) mass is 615 g/mol. The molecule has 1 unspecified atom stereocenters. The zero-order chi connectivity index (χ0) is 32.0. The molecule has 9 heteroatoms. The number of hydrogen-bond donors (Lipinski definition) is 3. The summed E-state index contributed by atoms with van der Waals surface area (Å²) in [5.41, 5.74) is 2.93. The highest BCUT2D eigenvalue weighted by Crippen LogP contribution is 2.45. The van der Waals surface area contributed by atoms with E-state index in [0.717, 1.165) is 42.5 Å². The summed E-state index contributed by atoms with van der Waals surface area (Å²) in [4.78, 5) is 27.3. The maximum atomic E-state index is 13.4. The molecule has 0 aromatic heterocycles. The number of benzene rings is 3. The molecule has 2 aliphatic rings. The molecule has 0 saturated heterocycles. The molecule has 2 heterocycles. The van der Waals surface area contributed by atoms with Gasteiger partial charge in [-0.1, -0.05) is 75.2 Å². The zero-order valence-corrected chi connectivity index (χ0v) is 26.7. The fourth-order valence-corrected chi connectivity index (χ4v) is 6.23. The Morgan fingerprint density at radius 3 is 2.47 bits per heavy atom. The van der Waals surface area contributed by atoms with Crippen LogP contribution < -0.4 is 25.0 Å². The van der Waals surface area contributed by atoms with Crippen LogP contribution in [0.15, 0.2) is 66.7 Å². The standard InChI is InChI=1S/C36H45N3O6/c1-5-18-36(19-6-2)27-14-10-11-15-28(27)39(34(42)45-36)21-20-35(3,4)37-22-29(40)26-16-17-30(32-33(26)44-24-31(41)38-32)43-23-25-12-8-7-9-13-25/h7-17,29,37,40H,5-6,18-24H2,1-4H3,(H,38,41). The molecule has 5 rings (SSSR count). The number of hydrogen-bond acceptors (Lipinski definition) is 7. The first-order chi connectivity index (χ1) is 21.7. The molecule has 0 fully saturated rings. The van der Waals surface area contributed by atoms with Crippen molar-refractivity contribution in [3.63, 3.8) is 0 Å². The number of carbonyl (C=O) groups is 2. The summed E-state index contributed by atoms with van der Waals surface area (Å²) in [6.07, 6.45) is 2.82. The van der Waals surface area contributed by atoms with E-state index in [-0.39, 0.29) is 25.2 Å². The second-order valence-corrected chi connectivity index (χ2v) is 12.5. The van der Waals surface area contributed by atoms with Crippen molar-refractivity contribution >= 4 is 23.4 Å². The summed E-state index contributed by atoms with van der Waals surface area (Å²) < 4.78 is 18.0. The first-order valence-electron chi connectivity index (χ1n) is 16.0. The number of β-amino-alcohol motifs (C(OH)–C–C–N with tert-alkyl or cyclic N) is 1. The summed E-state index contributed by atoms with van der Waals surface area (Å²) in [5.74, 6) is 0.599. The summed E-state index contributed by atoms with van der Waals surface area (Å²) in [7, 11) is 0. The Morgan fingerprint density at radius 1 is 1.02 bits per heavy atom. The Bertz CT molecular complexity index is 1490. The molecule has 3 aromatic carbocycles. The first-order valence-corrected chi connectivity index (χ1v) is 16.0. The van der Waals surface area contributed by atoms with Crippen molar-refractivity contribution in [1.29, 1.82) is 0 Å². The molecule has 240 valence electrons. The van der Waals surface area contributed by atoms with Gasteiger partial charge in [0.05, 0.1) is 11.8 Å². The molecule has 9 nitrogen and oxygen atoms in total. The first kappa shape index (κ1) is 32.3. The number of aliphatic hydroxyl groups excluding tert-OH is 1. The molecule has 0 radical (unpaired) electrons. The molecule has 3 aromatic rings. The molecule has 3 N–H and O–H groups in total. The predicted molar refractivity (Wildman–Crippen MR) is 175 cm³/mol. The minimum absolute atomic E-state index is 0.140. The van der Waals surface area contributed by atoms with Crippen molar-refractivity contribution < 1.29 is 28.9 Å². The molecule has 1 atom stereocenters. The number of anilines is 2. The van der Waals surface area contributed by atoms with Gasteiger partial charge in [-0.25, -0.2) is 4.79 Å². The number of fused-ring (bicyclic) bond motifs is 2. The Hall–Kier alpha value is -4.08. The quantitative estimate of drug-likeness (QED) is 0.182. The van der Waals surface area contributed by atoms with Gasteiger partial charge in [-0.05, 0) is 56.9 Å². The summed E-state index contributed by atoms with van der Waals surface area (Å²) in [6.45, 7) is 9.21. The van der Waals surface area contributed by atoms with E-state index in [1.165, 1.54) is 0 Å². The topological polar surface area (TPSA) is 109 Å². The Labute approximate surface area is 265 Å². The average Bonchev–Trinajstić information content (AvgIpc) is 3.03. The summed E-state index contributed by atoms with van der Waals surface area (Å²) >= 11 is 0. The normalized spacial score (nSPS) is 16.2. The lowest BCUT2D eigenvalue weighted by atomic mass is 9.82. The lowest BCUT2D eigenvalue weighted by Crippen LogP contribution is -2.49. The molecular formula is C36H45N3O6. The number of nitrogens with one attached hydrogen (secondary N) is 2. The third kappa shape index (κ3) is 7.26. The maximum Gasteiger partial charge on any atom is 0.415 e. The number of para-hydroxylation sites is 1. The van der Waals surface area contributed by atoms with Crippen molar-refractivity contribution in [3.05, 3.63) is 83.4 Å². The van der Waals surface area contributed by atoms with Gasteiger partial charge in [-0.3, -0.25) is 9.69 Å². The van der Waals surface area contributed by atoms with E-state index in [4.69, 9.17) is 14.2 Å². The van der Waals surface area contributed by atoms with Crippen LogP contribution in [0.2, 0.25) is 0 Å². The molecule has 0 bridgehead atoms. The van der Waals surface area contributed by atoms with Crippen molar-refractivity contribution in [3.8, 4) is 11.5 Å². The van der Waals surface area contributed by atoms with Crippen molar-refractivity contribution in [2.24, 2.45) is 0 Å². The third-order valence-corrected chi connectivity index (χ3v) is 8.59. The molecular weight excluding hydrogens is 570 g/mol. The van der Waals surface area contributed by atoms with Crippen LogP contribution in [-0.2, 0) is 21.7 Å². The molecule has 0 saturated carbocycles. The predicted octanol–water partition coefficient (Wildman–Crippen LogP) is 6.84. The average molecular weight is 616 g/mol. The van der Waals surface area contributed by atoms with E-state index in [2.05, 4.69) is 30.5 Å². The van der Waals surface area contributed by atoms with Gasteiger partial charge in [-0.15, -0.1) is 0 Å². The Kier molecular flexibility index (Phi) is 9.99. The Balaban J connectivity index is 1.25. The molecule has 45 heavy (non-hydrogen) atoms. The number of carbonyl (C=O) groups excluding carboxylic acids is 2. The van der Waals surface area contributed by atoms with E-state index < -0.39 is 17.2 Å². The summed E-state index contributed by atoms with van der Waals surface area (Å²) in [5, 5.41) is 17.6. The summed E-state index contributed by atoms with van der Waals surface area (Å²) in [6, 6.07) is 21.3. The van der Waals surface area contributed by atoms with Gasteiger partial charge in [0.25, 0.3) is 5.91 Å². The van der Waals surface area contributed by atoms with Crippen LogP contribution in [0.5, 0.6) is 11.5 Å². The number of nitrogens with zero attached hydrogens (tertiary/aromatic N) is 1. The van der Waals surface area contributed by atoms with Gasteiger partial charge < -0.3 is 30.0 Å². The fraction of sp³-hybridized carbons (Fsp3) is 0.444. The van der Waals surface area contributed by atoms with Crippen LogP contribution in [0.3, 0.4) is 0 Å². The van der Waals surface area contributed by atoms with E-state index in [9.17, 15) is 14.7 Å². The highest BCUT2D eigenvalue weighted by Gasteiger charge is 2.44. The molecule has 2 aliphatic heterocycles. The largest absolute Gasteiger partial charge is 0.487 e. The van der Waals surface area contributed by atoms with Gasteiger partial charge >= 0.3 is 6.09 Å². The van der Waals surface area contributed by atoms with Crippen LogP contribution in [0.25, 0.3) is 0 Å². The van der Waals surface area contributed by atoms with Crippen LogP contribution >= 0.6 is 0 Å². The minimum Gasteiger partial charge on any atom is -0.487 e. The number of amides is 2. The third-order valence-electron chi connectivity index (χ3n) is 8.59. The van der Waals surface area contributed by atoms with Crippen molar-refractivity contribution in [2.75, 3.05) is 29.9 Å². The molecule has 0 spiro atoms. The highest BCUT2D eigenvalue weighted by molar-refractivity contribution is 5.97. The van der Waals surface area contributed by atoms with E-state index in [0.29, 0.717) is 42.3 Å². The molecule has 0 aliphatic carbocycles. The van der Waals surface area contributed by atoms with Crippen molar-refractivity contribution in [1.82, 2.24) is 5.32 Å². The number of rotatable bonds is 14. The lowest BCUT2D eigenvalue weighted by molar-refractivity contribution is -0.118. The van der Waals surface area contributed by atoms with Gasteiger partial charge in [0, 0.05) is 29.8 Å². The lowest BCUT2D eigenvalue weighted by Gasteiger charge is -2.43. The number of cyclic esters (lactones) is 1. The smallest absolute Gasteiger partial charge is 0.415 e. The van der Waals surface area contributed by atoms with Crippen LogP contribution in [0, 0.1) is 0 Å². The second kappa shape index (κ2) is 13.9. The molecule has 2 amide bonds. The minimum atomic E-state index is -0.916. The van der Waals surface area contributed by atoms with E-state index >= 15 is 0 Å². The second-order valence-electron chi connectivity index (χ2n) is 12.5. The van der Waals surface area contributed by atoms with Gasteiger partial charge in [-0.2, -0.15) is 0 Å². The Morgan fingerprint density at radius 2 is 1.73 bits per heavy atom. The highest BCUT2D eigenvalue weighted by atomic mass is 16.6. The number of aliphatic hydroxyl groups is 1. The van der Waals surface area contributed by atoms with Gasteiger partial charge in [0.1, 0.15) is 23.6 Å². The van der Waals surface area contributed by atoms with E-state index in [1.807, 2.05) is 62.4 Å². The van der Waals surface area contributed by atoms with Crippen molar-refractivity contribution in [2.45, 2.75) is 83.6 Å². The van der Waals surface area contributed by atoms with Gasteiger partial charge in [0.2, 0.25) is 0 Å². The van der Waals surface area contributed by atoms with Gasteiger partial charge in [0.15, 0.2) is 12.4 Å². The number of ether oxygens (including phenoxy) is 3. The van der Waals surface area contributed by atoms with E-state index in [1.54, 1.807) is 17.0 Å². The van der Waals surface area contributed by atoms with Crippen LogP contribution in [-0.4, -0.2) is 42.3 Å².